The van der Waals surface area contributed by atoms with Crippen molar-refractivity contribution in [2.45, 2.75) is 32.8 Å². The lowest BCUT2D eigenvalue weighted by Crippen LogP contribution is -1.97. The fraction of sp³-hybridized carbons (Fsp3) is 0.417. The van der Waals surface area contributed by atoms with Crippen molar-refractivity contribution in [1.82, 2.24) is 0 Å². The normalized spacial score (nSPS) is 10.1. The number of hydrogen-bond acceptors (Lipinski definition) is 2. The Hall–Kier alpha value is -1.15. The van der Waals surface area contributed by atoms with Crippen molar-refractivity contribution in [3.63, 3.8) is 0 Å². The summed E-state index contributed by atoms with van der Waals surface area (Å²) in [4.78, 5) is 11.1. The van der Waals surface area contributed by atoms with Crippen molar-refractivity contribution in [2.75, 3.05) is 0 Å². The molecule has 1 rings (SSSR count). The minimum Gasteiger partial charge on any atom is -0.392 e. The first-order chi connectivity index (χ1) is 6.76. The third-order valence-electron chi connectivity index (χ3n) is 2.29. The Morgan fingerprint density at radius 2 is 1.79 bits per heavy atom. The summed E-state index contributed by atoms with van der Waals surface area (Å²) in [6.07, 6.45) is 2.04. The van der Waals surface area contributed by atoms with Crippen LogP contribution in [-0.2, 0) is 17.8 Å². The predicted molar refractivity (Wildman–Crippen MR) is 56.0 cm³/mol. The number of aliphatic hydroxyl groups is 1. The first kappa shape index (κ1) is 10.9. The third kappa shape index (κ3) is 3.30. The topological polar surface area (TPSA) is 37.3 Å². The summed E-state index contributed by atoms with van der Waals surface area (Å²) in [7, 11) is 0. The molecule has 0 aliphatic carbocycles. The number of ketones is 1. The van der Waals surface area contributed by atoms with E-state index in [1.807, 2.05) is 31.2 Å². The smallest absolute Gasteiger partial charge is 0.132 e. The molecule has 0 bridgehead atoms. The Labute approximate surface area is 84.6 Å². The van der Waals surface area contributed by atoms with Crippen LogP contribution in [0.15, 0.2) is 24.3 Å². The van der Waals surface area contributed by atoms with Crippen molar-refractivity contribution in [2.24, 2.45) is 0 Å². The van der Waals surface area contributed by atoms with Gasteiger partial charge in [0.25, 0.3) is 0 Å². The second kappa shape index (κ2) is 5.55. The lowest BCUT2D eigenvalue weighted by Gasteiger charge is -2.01. The van der Waals surface area contributed by atoms with E-state index < -0.39 is 0 Å². The highest BCUT2D eigenvalue weighted by Gasteiger charge is 1.99. The van der Waals surface area contributed by atoms with Gasteiger partial charge in [-0.25, -0.2) is 0 Å². The minimum absolute atomic E-state index is 0.0776. The molecule has 0 saturated carbocycles. The molecule has 1 N–H and O–H groups in total. The van der Waals surface area contributed by atoms with E-state index in [1.54, 1.807) is 0 Å². The number of carbonyl (C=O) groups is 1. The molecule has 2 heteroatoms. The lowest BCUT2D eigenvalue weighted by molar-refractivity contribution is -0.118. The standard InChI is InChI=1S/C12H16O2/c1-2-12(14)8-7-10-3-5-11(9-13)6-4-10/h3-6,13H,2,7-9H2,1H3. The first-order valence-electron chi connectivity index (χ1n) is 4.96. The van der Waals surface area contributed by atoms with Gasteiger partial charge in [-0.1, -0.05) is 31.2 Å². The molecule has 0 fully saturated rings. The number of carbonyl (C=O) groups excluding carboxylic acids is 1. The van der Waals surface area contributed by atoms with Gasteiger partial charge in [0.2, 0.25) is 0 Å². The molecule has 1 aromatic rings. The van der Waals surface area contributed by atoms with Crippen LogP contribution in [0.2, 0.25) is 0 Å². The molecule has 0 atom stereocenters. The van der Waals surface area contributed by atoms with Gasteiger partial charge in [0.15, 0.2) is 0 Å². The van der Waals surface area contributed by atoms with Crippen molar-refractivity contribution in [3.05, 3.63) is 35.4 Å². The molecule has 0 saturated heterocycles. The predicted octanol–water partition coefficient (Wildman–Crippen LogP) is 2.09. The molecule has 0 radical (unpaired) electrons. The number of hydrogen-bond donors (Lipinski definition) is 1. The van der Waals surface area contributed by atoms with Crippen LogP contribution in [0.4, 0.5) is 0 Å². The molecule has 0 aliphatic rings. The summed E-state index contributed by atoms with van der Waals surface area (Å²) in [6.45, 7) is 1.96. The Kier molecular flexibility index (Phi) is 4.33. The van der Waals surface area contributed by atoms with E-state index in [4.69, 9.17) is 5.11 Å². The number of benzene rings is 1. The van der Waals surface area contributed by atoms with Crippen LogP contribution in [0, 0.1) is 0 Å². The highest BCUT2D eigenvalue weighted by atomic mass is 16.3. The van der Waals surface area contributed by atoms with E-state index in [9.17, 15) is 4.79 Å². The zero-order valence-electron chi connectivity index (χ0n) is 8.49. The van der Waals surface area contributed by atoms with E-state index in [2.05, 4.69) is 0 Å². The molecule has 0 aromatic heterocycles. The number of aryl methyl sites for hydroxylation is 1. The van der Waals surface area contributed by atoms with Crippen LogP contribution < -0.4 is 0 Å². The Bertz CT molecular complexity index is 288. The van der Waals surface area contributed by atoms with Gasteiger partial charge in [0, 0.05) is 12.8 Å². The van der Waals surface area contributed by atoms with E-state index in [0.29, 0.717) is 18.6 Å². The quantitative estimate of drug-likeness (QED) is 0.775. The van der Waals surface area contributed by atoms with Crippen molar-refractivity contribution >= 4 is 5.78 Å². The molecule has 0 aliphatic heterocycles. The number of aliphatic hydroxyl groups excluding tert-OH is 1. The van der Waals surface area contributed by atoms with E-state index in [1.165, 1.54) is 0 Å². The van der Waals surface area contributed by atoms with Crippen molar-refractivity contribution < 1.29 is 9.90 Å². The van der Waals surface area contributed by atoms with Crippen LogP contribution in [0.5, 0.6) is 0 Å². The molecule has 14 heavy (non-hydrogen) atoms. The fourth-order valence-corrected chi connectivity index (χ4v) is 1.27. The zero-order valence-corrected chi connectivity index (χ0v) is 8.49. The van der Waals surface area contributed by atoms with Gasteiger partial charge in [0.05, 0.1) is 6.61 Å². The van der Waals surface area contributed by atoms with E-state index in [-0.39, 0.29) is 6.61 Å². The summed E-state index contributed by atoms with van der Waals surface area (Å²) >= 11 is 0. The van der Waals surface area contributed by atoms with Gasteiger partial charge >= 0.3 is 0 Å². The highest BCUT2D eigenvalue weighted by molar-refractivity contribution is 5.78. The summed E-state index contributed by atoms with van der Waals surface area (Å²) in [5.74, 6) is 0.302. The Morgan fingerprint density at radius 1 is 1.21 bits per heavy atom. The van der Waals surface area contributed by atoms with Crippen molar-refractivity contribution in [1.29, 1.82) is 0 Å². The first-order valence-corrected chi connectivity index (χ1v) is 4.96. The fourth-order valence-electron chi connectivity index (χ4n) is 1.27. The van der Waals surface area contributed by atoms with Crippen LogP contribution in [0.3, 0.4) is 0 Å². The van der Waals surface area contributed by atoms with Crippen LogP contribution in [-0.4, -0.2) is 10.9 Å². The van der Waals surface area contributed by atoms with Gasteiger partial charge in [-0.15, -0.1) is 0 Å². The van der Waals surface area contributed by atoms with Crippen LogP contribution >= 0.6 is 0 Å². The summed E-state index contributed by atoms with van der Waals surface area (Å²) in [5.41, 5.74) is 2.07. The molecule has 0 unspecified atom stereocenters. The molecule has 0 spiro atoms. The maximum Gasteiger partial charge on any atom is 0.132 e. The maximum atomic E-state index is 11.1. The summed E-state index contributed by atoms with van der Waals surface area (Å²) in [5, 5.41) is 8.83. The highest BCUT2D eigenvalue weighted by Crippen LogP contribution is 2.07. The molecular weight excluding hydrogens is 176 g/mol. The molecular formula is C12H16O2. The maximum absolute atomic E-state index is 11.1. The van der Waals surface area contributed by atoms with Gasteiger partial charge < -0.3 is 5.11 Å². The Balaban J connectivity index is 2.47. The lowest BCUT2D eigenvalue weighted by atomic mass is 10.1. The average molecular weight is 192 g/mol. The summed E-state index contributed by atoms with van der Waals surface area (Å²) in [6, 6.07) is 7.72. The average Bonchev–Trinajstić information content (AvgIpc) is 2.26. The third-order valence-corrected chi connectivity index (χ3v) is 2.29. The second-order valence-corrected chi connectivity index (χ2v) is 3.37. The number of Topliss-reactive ketones (excluding diaryl/α,β-unsaturated/α-hetero) is 1. The van der Waals surface area contributed by atoms with Gasteiger partial charge in [0.1, 0.15) is 5.78 Å². The van der Waals surface area contributed by atoms with Crippen LogP contribution in [0.25, 0.3) is 0 Å². The van der Waals surface area contributed by atoms with E-state index >= 15 is 0 Å². The van der Waals surface area contributed by atoms with E-state index in [0.717, 1.165) is 17.5 Å². The van der Waals surface area contributed by atoms with Crippen molar-refractivity contribution in [3.8, 4) is 0 Å². The molecule has 1 aromatic carbocycles. The van der Waals surface area contributed by atoms with Gasteiger partial charge in [-0.2, -0.15) is 0 Å². The molecule has 0 heterocycles. The van der Waals surface area contributed by atoms with Gasteiger partial charge in [-0.05, 0) is 17.5 Å². The number of rotatable bonds is 5. The second-order valence-electron chi connectivity index (χ2n) is 3.37. The zero-order chi connectivity index (χ0) is 10.4. The molecule has 76 valence electrons. The van der Waals surface area contributed by atoms with Gasteiger partial charge in [-0.3, -0.25) is 4.79 Å². The molecule has 2 nitrogen and oxygen atoms in total. The largest absolute Gasteiger partial charge is 0.392 e. The van der Waals surface area contributed by atoms with Crippen LogP contribution in [0.1, 0.15) is 30.9 Å². The Morgan fingerprint density at radius 3 is 2.29 bits per heavy atom. The monoisotopic (exact) mass is 192 g/mol. The minimum atomic E-state index is 0.0776. The SMILES string of the molecule is CCC(=O)CCc1ccc(CO)cc1. The summed E-state index contributed by atoms with van der Waals surface area (Å²) < 4.78 is 0. The molecule has 0 amide bonds.